The molecular weight excluding hydrogens is 318 g/mol. The number of phenols is 1. The molecule has 0 bridgehead atoms. The number of hydrogen-bond acceptors (Lipinski definition) is 5. The summed E-state index contributed by atoms with van der Waals surface area (Å²) >= 11 is 0. The molecule has 112 valence electrons. The molecule has 7 nitrogen and oxygen atoms in total. The van der Waals surface area contributed by atoms with Gasteiger partial charge in [-0.15, -0.1) is 0 Å². The third kappa shape index (κ3) is 3.05. The van der Waals surface area contributed by atoms with Crippen LogP contribution in [-0.4, -0.2) is 26.5 Å². The van der Waals surface area contributed by atoms with Gasteiger partial charge < -0.3 is 5.11 Å². The Morgan fingerprint density at radius 2 is 1.43 bits per heavy atom. The molecule has 0 aliphatic rings. The van der Waals surface area contributed by atoms with Gasteiger partial charge in [0.05, 0.1) is 4.90 Å². The Labute approximate surface area is 121 Å². The van der Waals surface area contributed by atoms with Gasteiger partial charge in [0.25, 0.3) is 10.1 Å². The molecule has 21 heavy (non-hydrogen) atoms. The van der Waals surface area contributed by atoms with Gasteiger partial charge in [0.15, 0.2) is 0 Å². The second-order valence-corrected chi connectivity index (χ2v) is 7.09. The highest BCUT2D eigenvalue weighted by atomic mass is 32.2. The fourth-order valence-electron chi connectivity index (χ4n) is 1.91. The Morgan fingerprint density at radius 1 is 0.857 bits per heavy atom. The van der Waals surface area contributed by atoms with Gasteiger partial charge >= 0.3 is 0 Å². The van der Waals surface area contributed by atoms with Gasteiger partial charge in [-0.05, 0) is 18.2 Å². The number of sulfonamides is 1. The van der Waals surface area contributed by atoms with E-state index in [2.05, 4.69) is 0 Å². The predicted molar refractivity (Wildman–Crippen MR) is 74.7 cm³/mol. The monoisotopic (exact) mass is 329 g/mol. The summed E-state index contributed by atoms with van der Waals surface area (Å²) in [4.78, 5) is -1.17. The van der Waals surface area contributed by atoms with Crippen LogP contribution in [0.4, 0.5) is 0 Å². The fourth-order valence-corrected chi connectivity index (χ4v) is 3.48. The maximum Gasteiger partial charge on any atom is 0.295 e. The van der Waals surface area contributed by atoms with E-state index in [4.69, 9.17) is 5.14 Å². The minimum absolute atomic E-state index is 0.0743. The van der Waals surface area contributed by atoms with E-state index >= 15 is 0 Å². The summed E-state index contributed by atoms with van der Waals surface area (Å²) in [5.74, 6) is -0.349. The zero-order valence-electron chi connectivity index (χ0n) is 10.5. The zero-order chi connectivity index (χ0) is 15.8. The van der Waals surface area contributed by atoms with E-state index < -0.39 is 29.9 Å². The first kappa shape index (κ1) is 15.4. The molecule has 0 saturated carbocycles. The number of rotatable bonds is 3. The van der Waals surface area contributed by atoms with Gasteiger partial charge in [0, 0.05) is 11.1 Å². The number of para-hydroxylation sites is 1. The fraction of sp³-hybridized carbons (Fsp3) is 0. The molecule has 0 spiro atoms. The molecule has 0 amide bonds. The first-order valence-electron chi connectivity index (χ1n) is 5.54. The van der Waals surface area contributed by atoms with Crippen LogP contribution in [0.15, 0.2) is 52.3 Å². The van der Waals surface area contributed by atoms with E-state index in [1.807, 2.05) is 0 Å². The molecular formula is C12H11NO6S2. The molecule has 0 aliphatic heterocycles. The first-order chi connectivity index (χ1) is 9.62. The highest BCUT2D eigenvalue weighted by Gasteiger charge is 2.25. The molecule has 2 aromatic rings. The standard InChI is InChI=1S/C12H11NO6S2/c13-20(15,16)10-6-3-7-11(21(17,18)19)12(10)8-4-1-2-5-9(8)14/h1-7,14H,(H2,13,15,16)(H,17,18,19). The van der Waals surface area contributed by atoms with Crippen LogP contribution >= 0.6 is 0 Å². The first-order valence-corrected chi connectivity index (χ1v) is 8.52. The highest BCUT2D eigenvalue weighted by molar-refractivity contribution is 7.89. The molecule has 2 aromatic carbocycles. The number of aromatic hydroxyl groups is 1. The molecule has 9 heteroatoms. The molecule has 4 N–H and O–H groups in total. The number of nitrogens with two attached hydrogens (primary N) is 1. The maximum absolute atomic E-state index is 11.6. The zero-order valence-corrected chi connectivity index (χ0v) is 12.1. The summed E-state index contributed by atoms with van der Waals surface area (Å²) in [7, 11) is -8.98. The third-order valence-electron chi connectivity index (χ3n) is 2.75. The van der Waals surface area contributed by atoms with Crippen molar-refractivity contribution in [1.29, 1.82) is 0 Å². The largest absolute Gasteiger partial charge is 0.507 e. The SMILES string of the molecule is NS(=O)(=O)c1cccc(S(=O)(=O)O)c1-c1ccccc1O. The number of phenolic OH excluding ortho intramolecular Hbond substituents is 1. The van der Waals surface area contributed by atoms with Crippen molar-refractivity contribution in [3.05, 3.63) is 42.5 Å². The van der Waals surface area contributed by atoms with Crippen LogP contribution in [0, 0.1) is 0 Å². The van der Waals surface area contributed by atoms with Crippen LogP contribution in [0.3, 0.4) is 0 Å². The lowest BCUT2D eigenvalue weighted by Crippen LogP contribution is -2.15. The molecule has 2 rings (SSSR count). The van der Waals surface area contributed by atoms with Crippen LogP contribution in [0.5, 0.6) is 5.75 Å². The quantitative estimate of drug-likeness (QED) is 0.718. The van der Waals surface area contributed by atoms with Crippen LogP contribution in [-0.2, 0) is 20.1 Å². The number of benzene rings is 2. The molecule has 0 heterocycles. The predicted octanol–water partition coefficient (Wildman–Crippen LogP) is 0.953. The molecule has 0 atom stereocenters. The molecule has 0 fully saturated rings. The van der Waals surface area contributed by atoms with E-state index in [0.29, 0.717) is 0 Å². The lowest BCUT2D eigenvalue weighted by Gasteiger charge is -2.13. The number of primary sulfonamides is 1. The third-order valence-corrected chi connectivity index (χ3v) is 4.60. The maximum atomic E-state index is 11.6. The van der Waals surface area contributed by atoms with Gasteiger partial charge in [-0.3, -0.25) is 4.55 Å². The van der Waals surface area contributed by atoms with Crippen molar-refractivity contribution in [1.82, 2.24) is 0 Å². The van der Waals surface area contributed by atoms with Gasteiger partial charge in [0.1, 0.15) is 10.6 Å². The normalized spacial score (nSPS) is 12.3. The molecule has 0 saturated heterocycles. The van der Waals surface area contributed by atoms with Gasteiger partial charge in [-0.25, -0.2) is 13.6 Å². The highest BCUT2D eigenvalue weighted by Crippen LogP contribution is 2.37. The van der Waals surface area contributed by atoms with Gasteiger partial charge in [-0.2, -0.15) is 8.42 Å². The Kier molecular flexibility index (Phi) is 3.76. The lowest BCUT2D eigenvalue weighted by molar-refractivity contribution is 0.476. The topological polar surface area (TPSA) is 135 Å². The Hall–Kier alpha value is -1.94. The summed E-state index contributed by atoms with van der Waals surface area (Å²) in [5, 5.41) is 14.9. The van der Waals surface area contributed by atoms with Gasteiger partial charge in [-0.1, -0.05) is 24.3 Å². The second kappa shape index (κ2) is 5.11. The average molecular weight is 329 g/mol. The van der Waals surface area contributed by atoms with Crippen molar-refractivity contribution in [3.63, 3.8) is 0 Å². The average Bonchev–Trinajstić information content (AvgIpc) is 2.36. The van der Waals surface area contributed by atoms with Crippen LogP contribution in [0.25, 0.3) is 11.1 Å². The van der Waals surface area contributed by atoms with E-state index in [-0.39, 0.29) is 16.9 Å². The van der Waals surface area contributed by atoms with Crippen LogP contribution in [0.2, 0.25) is 0 Å². The van der Waals surface area contributed by atoms with Crippen molar-refractivity contribution in [3.8, 4) is 16.9 Å². The molecule has 0 aliphatic carbocycles. The summed E-state index contributed by atoms with van der Waals surface area (Å²) in [6.07, 6.45) is 0. The van der Waals surface area contributed by atoms with Crippen LogP contribution < -0.4 is 5.14 Å². The molecule has 0 aromatic heterocycles. The Balaban J connectivity index is 3.01. The van der Waals surface area contributed by atoms with Crippen molar-refractivity contribution in [2.24, 2.45) is 5.14 Å². The Bertz CT molecular complexity index is 853. The van der Waals surface area contributed by atoms with Crippen LogP contribution in [0.1, 0.15) is 0 Å². The lowest BCUT2D eigenvalue weighted by atomic mass is 10.0. The van der Waals surface area contributed by atoms with Gasteiger partial charge in [0.2, 0.25) is 10.0 Å². The minimum Gasteiger partial charge on any atom is -0.507 e. The van der Waals surface area contributed by atoms with Crippen molar-refractivity contribution < 1.29 is 26.5 Å². The molecule has 0 unspecified atom stereocenters. The summed E-state index contributed by atoms with van der Waals surface area (Å²) in [6, 6.07) is 8.76. The summed E-state index contributed by atoms with van der Waals surface area (Å²) in [5.41, 5.74) is -0.449. The Morgan fingerprint density at radius 3 is 1.95 bits per heavy atom. The summed E-state index contributed by atoms with van der Waals surface area (Å²) < 4.78 is 55.5. The van der Waals surface area contributed by atoms with E-state index in [1.165, 1.54) is 24.3 Å². The van der Waals surface area contributed by atoms with E-state index in [0.717, 1.165) is 18.2 Å². The minimum atomic E-state index is -4.71. The molecule has 0 radical (unpaired) electrons. The summed E-state index contributed by atoms with van der Waals surface area (Å²) in [6.45, 7) is 0. The van der Waals surface area contributed by atoms with Crippen molar-refractivity contribution >= 4 is 20.1 Å². The second-order valence-electron chi connectivity index (χ2n) is 4.17. The van der Waals surface area contributed by atoms with Crippen molar-refractivity contribution in [2.45, 2.75) is 9.79 Å². The van der Waals surface area contributed by atoms with Crippen molar-refractivity contribution in [2.75, 3.05) is 0 Å². The number of hydrogen-bond donors (Lipinski definition) is 3. The van der Waals surface area contributed by atoms with E-state index in [1.54, 1.807) is 0 Å². The smallest absolute Gasteiger partial charge is 0.295 e. The van der Waals surface area contributed by atoms with E-state index in [9.17, 15) is 26.5 Å².